The second kappa shape index (κ2) is 9.75. The van der Waals surface area contributed by atoms with Crippen LogP contribution in [0.5, 0.6) is 0 Å². The summed E-state index contributed by atoms with van der Waals surface area (Å²) in [5.74, 6) is -0.161. The van der Waals surface area contributed by atoms with Gasteiger partial charge in [-0.05, 0) is 47.9 Å². The van der Waals surface area contributed by atoms with Crippen molar-refractivity contribution in [3.05, 3.63) is 76.5 Å². The Kier molecular flexibility index (Phi) is 7.00. The van der Waals surface area contributed by atoms with Crippen molar-refractivity contribution in [1.29, 1.82) is 0 Å². The van der Waals surface area contributed by atoms with Crippen molar-refractivity contribution in [2.75, 3.05) is 19.6 Å². The molecule has 8 heteroatoms. The van der Waals surface area contributed by atoms with Gasteiger partial charge >= 0.3 is 0 Å². The van der Waals surface area contributed by atoms with Crippen molar-refractivity contribution in [2.45, 2.75) is 24.3 Å². The van der Waals surface area contributed by atoms with Crippen LogP contribution >= 0.6 is 22.9 Å². The van der Waals surface area contributed by atoms with Crippen LogP contribution in [0.3, 0.4) is 0 Å². The zero-order chi connectivity index (χ0) is 22.7. The molecule has 0 aliphatic carbocycles. The molecule has 0 saturated carbocycles. The SMILES string of the molecule is C=CCN(Cc1ccc(Cl)s1)C(=O)C1CCN(S(=O)(=O)c2ccc3ccccc3c2)CC1. The molecule has 3 aromatic rings. The Morgan fingerprint density at radius 1 is 1.12 bits per heavy atom. The number of sulfonamides is 1. The Morgan fingerprint density at radius 3 is 2.50 bits per heavy atom. The summed E-state index contributed by atoms with van der Waals surface area (Å²) < 4.78 is 28.6. The largest absolute Gasteiger partial charge is 0.334 e. The molecule has 0 N–H and O–H groups in total. The van der Waals surface area contributed by atoms with E-state index in [1.54, 1.807) is 23.1 Å². The van der Waals surface area contributed by atoms with Crippen molar-refractivity contribution in [2.24, 2.45) is 5.92 Å². The zero-order valence-corrected chi connectivity index (χ0v) is 20.0. The van der Waals surface area contributed by atoms with Crippen LogP contribution < -0.4 is 0 Å². The summed E-state index contributed by atoms with van der Waals surface area (Å²) in [6, 6.07) is 16.7. The Bertz CT molecular complexity index is 1230. The molecule has 0 bridgehead atoms. The predicted molar refractivity (Wildman–Crippen MR) is 130 cm³/mol. The summed E-state index contributed by atoms with van der Waals surface area (Å²) in [6.45, 7) is 5.37. The van der Waals surface area contributed by atoms with E-state index in [0.717, 1.165) is 15.6 Å². The number of piperidine rings is 1. The van der Waals surface area contributed by atoms with Crippen LogP contribution in [0.2, 0.25) is 4.34 Å². The highest BCUT2D eigenvalue weighted by Crippen LogP contribution is 2.28. The van der Waals surface area contributed by atoms with Gasteiger partial charge in [-0.25, -0.2) is 8.42 Å². The van der Waals surface area contributed by atoms with Gasteiger partial charge in [-0.2, -0.15) is 4.31 Å². The molecule has 0 unspecified atom stereocenters. The van der Waals surface area contributed by atoms with Gasteiger partial charge in [0, 0.05) is 30.4 Å². The number of carbonyl (C=O) groups excluding carboxylic acids is 1. The normalized spacial score (nSPS) is 15.7. The fraction of sp³-hybridized carbons (Fsp3) is 0.292. The third kappa shape index (κ3) is 4.91. The van der Waals surface area contributed by atoms with Crippen LogP contribution in [0, 0.1) is 5.92 Å². The smallest absolute Gasteiger partial charge is 0.243 e. The maximum atomic E-state index is 13.2. The van der Waals surface area contributed by atoms with Crippen LogP contribution in [0.25, 0.3) is 10.8 Å². The maximum absolute atomic E-state index is 13.2. The standard InChI is InChI=1S/C24H25ClN2O3S2/c1-2-13-26(17-21-8-10-23(25)31-21)24(28)19-11-14-27(15-12-19)32(29,30)22-9-7-18-5-3-4-6-20(18)16-22/h2-10,16,19H,1,11-15,17H2. The summed E-state index contributed by atoms with van der Waals surface area (Å²) in [4.78, 5) is 16.2. The lowest BCUT2D eigenvalue weighted by Crippen LogP contribution is -2.44. The highest BCUT2D eigenvalue weighted by molar-refractivity contribution is 7.89. The molecule has 168 valence electrons. The lowest BCUT2D eigenvalue weighted by molar-refractivity contribution is -0.136. The Hall–Kier alpha value is -2.19. The molecule has 2 aromatic carbocycles. The molecule has 5 nitrogen and oxygen atoms in total. The molecule has 32 heavy (non-hydrogen) atoms. The minimum atomic E-state index is -3.60. The summed E-state index contributed by atoms with van der Waals surface area (Å²) in [5.41, 5.74) is 0. The van der Waals surface area contributed by atoms with E-state index >= 15 is 0 Å². The number of nitrogens with zero attached hydrogens (tertiary/aromatic N) is 2. The number of rotatable bonds is 7. The Morgan fingerprint density at radius 2 is 1.84 bits per heavy atom. The van der Waals surface area contributed by atoms with Crippen LogP contribution in [0.4, 0.5) is 0 Å². The molecule has 0 spiro atoms. The zero-order valence-electron chi connectivity index (χ0n) is 17.6. The van der Waals surface area contributed by atoms with E-state index in [4.69, 9.17) is 11.6 Å². The van der Waals surface area contributed by atoms with Crippen LogP contribution in [-0.4, -0.2) is 43.2 Å². The predicted octanol–water partition coefficient (Wildman–Crippen LogP) is 5.17. The first kappa shape index (κ1) is 23.0. The first-order valence-corrected chi connectivity index (χ1v) is 13.1. The van der Waals surface area contributed by atoms with Gasteiger partial charge in [0.2, 0.25) is 15.9 Å². The molecule has 1 amide bonds. The minimum absolute atomic E-state index is 0.0391. The molecule has 0 radical (unpaired) electrons. The molecule has 1 aliphatic heterocycles. The number of hydrogen-bond acceptors (Lipinski definition) is 4. The average molecular weight is 489 g/mol. The molecular weight excluding hydrogens is 464 g/mol. The quantitative estimate of drug-likeness (QED) is 0.431. The topological polar surface area (TPSA) is 57.7 Å². The molecule has 4 rings (SSSR count). The van der Waals surface area contributed by atoms with Gasteiger partial charge in [0.25, 0.3) is 0 Å². The number of fused-ring (bicyclic) bond motifs is 1. The highest BCUT2D eigenvalue weighted by atomic mass is 35.5. The Balaban J connectivity index is 1.43. The monoisotopic (exact) mass is 488 g/mol. The van der Waals surface area contributed by atoms with Gasteiger partial charge in [0.1, 0.15) is 0 Å². The molecule has 1 fully saturated rings. The van der Waals surface area contributed by atoms with Crippen LogP contribution in [0.1, 0.15) is 17.7 Å². The summed E-state index contributed by atoms with van der Waals surface area (Å²) in [7, 11) is -3.60. The van der Waals surface area contributed by atoms with Gasteiger partial charge in [-0.3, -0.25) is 4.79 Å². The number of amides is 1. The molecule has 0 atom stereocenters. The number of halogens is 1. The van der Waals surface area contributed by atoms with Crippen molar-refractivity contribution in [3.63, 3.8) is 0 Å². The number of carbonyl (C=O) groups is 1. The molecule has 2 heterocycles. The fourth-order valence-corrected chi connectivity index (χ4v) is 6.70. The minimum Gasteiger partial charge on any atom is -0.334 e. The lowest BCUT2D eigenvalue weighted by Gasteiger charge is -2.33. The van der Waals surface area contributed by atoms with E-state index in [1.165, 1.54) is 15.6 Å². The number of benzene rings is 2. The fourth-order valence-electron chi connectivity index (χ4n) is 4.09. The van der Waals surface area contributed by atoms with E-state index in [1.807, 2.05) is 42.5 Å². The van der Waals surface area contributed by atoms with Gasteiger partial charge in [0.15, 0.2) is 0 Å². The summed E-state index contributed by atoms with van der Waals surface area (Å²) in [5, 5.41) is 1.90. The number of thiophene rings is 1. The first-order valence-electron chi connectivity index (χ1n) is 10.5. The van der Waals surface area contributed by atoms with Gasteiger partial charge < -0.3 is 4.90 Å². The van der Waals surface area contributed by atoms with Crippen LogP contribution in [0.15, 0.2) is 72.1 Å². The molecule has 1 aromatic heterocycles. The highest BCUT2D eigenvalue weighted by Gasteiger charge is 2.33. The van der Waals surface area contributed by atoms with E-state index in [-0.39, 0.29) is 11.8 Å². The Labute approximate surface area is 198 Å². The average Bonchev–Trinajstić information content (AvgIpc) is 3.22. The van der Waals surface area contributed by atoms with E-state index in [0.29, 0.717) is 48.3 Å². The lowest BCUT2D eigenvalue weighted by atomic mass is 9.96. The first-order chi connectivity index (χ1) is 15.4. The van der Waals surface area contributed by atoms with Crippen molar-refractivity contribution in [3.8, 4) is 0 Å². The molecular formula is C24H25ClN2O3S2. The third-order valence-electron chi connectivity index (χ3n) is 5.80. The van der Waals surface area contributed by atoms with E-state index < -0.39 is 10.0 Å². The summed E-state index contributed by atoms with van der Waals surface area (Å²) in [6.07, 6.45) is 2.72. The van der Waals surface area contributed by atoms with Crippen molar-refractivity contribution >= 4 is 49.6 Å². The second-order valence-electron chi connectivity index (χ2n) is 7.90. The van der Waals surface area contributed by atoms with Crippen molar-refractivity contribution < 1.29 is 13.2 Å². The molecule has 1 saturated heterocycles. The van der Waals surface area contributed by atoms with Crippen LogP contribution in [-0.2, 0) is 21.4 Å². The molecule has 1 aliphatic rings. The van der Waals surface area contributed by atoms with Gasteiger partial charge in [-0.15, -0.1) is 17.9 Å². The second-order valence-corrected chi connectivity index (χ2v) is 11.6. The van der Waals surface area contributed by atoms with E-state index in [2.05, 4.69) is 6.58 Å². The third-order valence-corrected chi connectivity index (χ3v) is 8.91. The number of hydrogen-bond donors (Lipinski definition) is 0. The van der Waals surface area contributed by atoms with E-state index in [9.17, 15) is 13.2 Å². The van der Waals surface area contributed by atoms with Gasteiger partial charge in [-0.1, -0.05) is 48.0 Å². The summed E-state index contributed by atoms with van der Waals surface area (Å²) >= 11 is 7.48. The van der Waals surface area contributed by atoms with Gasteiger partial charge in [0.05, 0.1) is 15.8 Å². The maximum Gasteiger partial charge on any atom is 0.243 e. The van der Waals surface area contributed by atoms with Crippen molar-refractivity contribution in [1.82, 2.24) is 9.21 Å².